The first-order valence-electron chi connectivity index (χ1n) is 7.94. The molecule has 2 amide bonds. The predicted octanol–water partition coefficient (Wildman–Crippen LogP) is 0.932. The summed E-state index contributed by atoms with van der Waals surface area (Å²) in [7, 11) is 0. The molecule has 2 saturated heterocycles. The Morgan fingerprint density at radius 2 is 1.86 bits per heavy atom. The highest BCUT2D eigenvalue weighted by atomic mass is 16.2. The fourth-order valence-electron chi connectivity index (χ4n) is 3.55. The van der Waals surface area contributed by atoms with E-state index in [-0.39, 0.29) is 17.9 Å². The summed E-state index contributed by atoms with van der Waals surface area (Å²) in [6.07, 6.45) is 0.330. The monoisotopic (exact) mass is 301 g/mol. The van der Waals surface area contributed by atoms with E-state index in [9.17, 15) is 9.59 Å². The first kappa shape index (κ1) is 15.0. The van der Waals surface area contributed by atoms with E-state index in [0.29, 0.717) is 18.3 Å². The molecule has 2 heterocycles. The Bertz CT molecular complexity index is 534. The molecular formula is C17H23N3O2. The lowest BCUT2D eigenvalue weighted by Gasteiger charge is -2.23. The zero-order valence-corrected chi connectivity index (χ0v) is 12.9. The summed E-state index contributed by atoms with van der Waals surface area (Å²) in [5, 5.41) is 6.28. The largest absolute Gasteiger partial charge is 0.349 e. The standard InChI is InChI=1S/C17H23N3O2/c1-12(21)19-16(13-5-3-2-4-6-13)7-17(22)20-10-14-8-18-9-15(14)11-20/h2-6,14-16,18H,7-11H2,1H3,(H,19,21)/t14-,15+,16?. The Balaban J connectivity index is 1.65. The highest BCUT2D eigenvalue weighted by molar-refractivity contribution is 5.79. The Morgan fingerprint density at radius 3 is 2.45 bits per heavy atom. The van der Waals surface area contributed by atoms with Gasteiger partial charge in [-0.3, -0.25) is 9.59 Å². The fourth-order valence-corrected chi connectivity index (χ4v) is 3.55. The van der Waals surface area contributed by atoms with Crippen LogP contribution in [-0.2, 0) is 9.59 Å². The molecule has 0 spiro atoms. The summed E-state index contributed by atoms with van der Waals surface area (Å²) in [5.41, 5.74) is 0.979. The average molecular weight is 301 g/mol. The van der Waals surface area contributed by atoms with Crippen LogP contribution in [0.4, 0.5) is 0 Å². The molecule has 2 N–H and O–H groups in total. The molecule has 0 aromatic heterocycles. The number of rotatable bonds is 4. The maximum Gasteiger partial charge on any atom is 0.225 e. The van der Waals surface area contributed by atoms with Crippen LogP contribution in [0.2, 0.25) is 0 Å². The fraction of sp³-hybridized carbons (Fsp3) is 0.529. The zero-order valence-electron chi connectivity index (χ0n) is 12.9. The summed E-state index contributed by atoms with van der Waals surface area (Å²) in [5.74, 6) is 1.22. The minimum atomic E-state index is -0.246. The van der Waals surface area contributed by atoms with Crippen molar-refractivity contribution in [2.24, 2.45) is 11.8 Å². The van der Waals surface area contributed by atoms with E-state index in [0.717, 1.165) is 31.7 Å². The number of benzene rings is 1. The number of fused-ring (bicyclic) bond motifs is 1. The molecule has 118 valence electrons. The summed E-state index contributed by atoms with van der Waals surface area (Å²) in [6.45, 7) is 5.22. The Morgan fingerprint density at radius 1 is 1.23 bits per heavy atom. The molecule has 5 heteroatoms. The average Bonchev–Trinajstić information content (AvgIpc) is 3.08. The number of hydrogen-bond acceptors (Lipinski definition) is 3. The van der Waals surface area contributed by atoms with E-state index >= 15 is 0 Å². The van der Waals surface area contributed by atoms with E-state index < -0.39 is 0 Å². The van der Waals surface area contributed by atoms with Gasteiger partial charge in [-0.2, -0.15) is 0 Å². The van der Waals surface area contributed by atoms with Crippen LogP contribution < -0.4 is 10.6 Å². The van der Waals surface area contributed by atoms with Crippen molar-refractivity contribution in [2.75, 3.05) is 26.2 Å². The summed E-state index contributed by atoms with van der Waals surface area (Å²) >= 11 is 0. The maximum absolute atomic E-state index is 12.6. The normalized spacial score (nSPS) is 24.9. The van der Waals surface area contributed by atoms with Gasteiger partial charge < -0.3 is 15.5 Å². The molecule has 3 atom stereocenters. The first-order chi connectivity index (χ1) is 10.6. The van der Waals surface area contributed by atoms with Crippen LogP contribution in [0.5, 0.6) is 0 Å². The van der Waals surface area contributed by atoms with Crippen molar-refractivity contribution in [1.29, 1.82) is 0 Å². The second-order valence-electron chi connectivity index (χ2n) is 6.35. The number of carbonyl (C=O) groups is 2. The van der Waals surface area contributed by atoms with Gasteiger partial charge in [-0.15, -0.1) is 0 Å². The third kappa shape index (κ3) is 3.30. The molecule has 2 aliphatic heterocycles. The van der Waals surface area contributed by atoms with Crippen molar-refractivity contribution in [3.05, 3.63) is 35.9 Å². The van der Waals surface area contributed by atoms with Crippen LogP contribution in [0, 0.1) is 11.8 Å². The molecule has 0 radical (unpaired) electrons. The van der Waals surface area contributed by atoms with E-state index in [2.05, 4.69) is 10.6 Å². The van der Waals surface area contributed by atoms with E-state index in [4.69, 9.17) is 0 Å². The summed E-state index contributed by atoms with van der Waals surface area (Å²) < 4.78 is 0. The van der Waals surface area contributed by atoms with Crippen molar-refractivity contribution in [3.63, 3.8) is 0 Å². The molecule has 1 unspecified atom stereocenters. The Hall–Kier alpha value is -1.88. The van der Waals surface area contributed by atoms with E-state index in [1.807, 2.05) is 35.2 Å². The van der Waals surface area contributed by atoms with Gasteiger partial charge in [-0.05, 0) is 17.4 Å². The van der Waals surface area contributed by atoms with Gasteiger partial charge >= 0.3 is 0 Å². The van der Waals surface area contributed by atoms with Gasteiger partial charge in [0.2, 0.25) is 11.8 Å². The number of likely N-dealkylation sites (tertiary alicyclic amines) is 1. The smallest absolute Gasteiger partial charge is 0.225 e. The lowest BCUT2D eigenvalue weighted by molar-refractivity contribution is -0.131. The molecule has 0 bridgehead atoms. The zero-order chi connectivity index (χ0) is 15.5. The highest BCUT2D eigenvalue weighted by Gasteiger charge is 2.38. The van der Waals surface area contributed by atoms with Gasteiger partial charge in [0.05, 0.1) is 12.5 Å². The lowest BCUT2D eigenvalue weighted by atomic mass is 10.0. The molecule has 1 aromatic rings. The summed E-state index contributed by atoms with van der Waals surface area (Å²) in [4.78, 5) is 26.0. The van der Waals surface area contributed by atoms with Crippen molar-refractivity contribution < 1.29 is 9.59 Å². The Kier molecular flexibility index (Phi) is 4.43. The maximum atomic E-state index is 12.6. The number of hydrogen-bond donors (Lipinski definition) is 2. The van der Waals surface area contributed by atoms with Gasteiger partial charge in [0.25, 0.3) is 0 Å². The third-order valence-electron chi connectivity index (χ3n) is 4.70. The molecule has 5 nitrogen and oxygen atoms in total. The second kappa shape index (κ2) is 6.48. The van der Waals surface area contributed by atoms with Crippen LogP contribution in [0.15, 0.2) is 30.3 Å². The molecular weight excluding hydrogens is 278 g/mol. The lowest BCUT2D eigenvalue weighted by Crippen LogP contribution is -2.36. The van der Waals surface area contributed by atoms with Gasteiger partial charge in [0, 0.05) is 33.1 Å². The molecule has 2 fully saturated rings. The Labute approximate surface area is 131 Å². The molecule has 1 aromatic carbocycles. The van der Waals surface area contributed by atoms with Crippen molar-refractivity contribution in [3.8, 4) is 0 Å². The third-order valence-corrected chi connectivity index (χ3v) is 4.70. The molecule has 22 heavy (non-hydrogen) atoms. The van der Waals surface area contributed by atoms with Gasteiger partial charge in [0.15, 0.2) is 0 Å². The number of carbonyl (C=O) groups excluding carboxylic acids is 2. The van der Waals surface area contributed by atoms with E-state index in [1.165, 1.54) is 6.92 Å². The van der Waals surface area contributed by atoms with Crippen LogP contribution in [0.1, 0.15) is 24.9 Å². The molecule has 0 aliphatic carbocycles. The van der Waals surface area contributed by atoms with Crippen LogP contribution in [0.3, 0.4) is 0 Å². The quantitative estimate of drug-likeness (QED) is 0.870. The van der Waals surface area contributed by atoms with E-state index in [1.54, 1.807) is 0 Å². The minimum Gasteiger partial charge on any atom is -0.349 e. The predicted molar refractivity (Wildman–Crippen MR) is 84.0 cm³/mol. The number of nitrogens with zero attached hydrogens (tertiary/aromatic N) is 1. The minimum absolute atomic E-state index is 0.107. The van der Waals surface area contributed by atoms with Gasteiger partial charge in [-0.25, -0.2) is 0 Å². The van der Waals surface area contributed by atoms with Crippen molar-refractivity contribution in [2.45, 2.75) is 19.4 Å². The summed E-state index contributed by atoms with van der Waals surface area (Å²) in [6, 6.07) is 9.46. The molecule has 3 rings (SSSR count). The topological polar surface area (TPSA) is 61.4 Å². The van der Waals surface area contributed by atoms with Gasteiger partial charge in [0.1, 0.15) is 0 Å². The van der Waals surface area contributed by atoms with Crippen molar-refractivity contribution in [1.82, 2.24) is 15.5 Å². The number of nitrogens with one attached hydrogen (secondary N) is 2. The second-order valence-corrected chi connectivity index (χ2v) is 6.35. The van der Waals surface area contributed by atoms with Crippen LogP contribution in [0.25, 0.3) is 0 Å². The van der Waals surface area contributed by atoms with Crippen LogP contribution >= 0.6 is 0 Å². The molecule has 0 saturated carbocycles. The van der Waals surface area contributed by atoms with Crippen molar-refractivity contribution >= 4 is 11.8 Å². The first-order valence-corrected chi connectivity index (χ1v) is 7.94. The molecule has 2 aliphatic rings. The van der Waals surface area contributed by atoms with Gasteiger partial charge in [-0.1, -0.05) is 30.3 Å². The highest BCUT2D eigenvalue weighted by Crippen LogP contribution is 2.28. The SMILES string of the molecule is CC(=O)NC(CC(=O)N1C[C@H]2CNC[C@H]2C1)c1ccccc1. The number of amides is 2. The van der Waals surface area contributed by atoms with Crippen LogP contribution in [-0.4, -0.2) is 42.9 Å².